The van der Waals surface area contributed by atoms with E-state index in [0.29, 0.717) is 12.8 Å². The summed E-state index contributed by atoms with van der Waals surface area (Å²) >= 11 is 0. The first-order valence-electron chi connectivity index (χ1n) is 5.52. The predicted octanol–water partition coefficient (Wildman–Crippen LogP) is 1.80. The van der Waals surface area contributed by atoms with E-state index >= 15 is 0 Å². The highest BCUT2D eigenvalue weighted by atomic mass is 16.5. The van der Waals surface area contributed by atoms with Gasteiger partial charge < -0.3 is 4.74 Å². The number of carbonyl (C=O) groups excluding carboxylic acids is 1. The number of esters is 1. The van der Waals surface area contributed by atoms with Crippen molar-refractivity contribution in [2.24, 2.45) is 7.05 Å². The van der Waals surface area contributed by atoms with Crippen LogP contribution in [-0.4, -0.2) is 18.2 Å². The fourth-order valence-corrected chi connectivity index (χ4v) is 1.86. The molecule has 4 heteroatoms. The quantitative estimate of drug-likeness (QED) is 0.613. The largest absolute Gasteiger partial charge is 0.469 e. The number of fused-ring (bicyclic) bond motifs is 1. The van der Waals surface area contributed by atoms with E-state index in [2.05, 4.69) is 9.84 Å². The number of aryl methyl sites for hydroxylation is 2. The number of benzene rings is 1. The van der Waals surface area contributed by atoms with Gasteiger partial charge in [-0.1, -0.05) is 30.3 Å². The molecule has 96 valence electrons. The van der Waals surface area contributed by atoms with Crippen LogP contribution in [0.3, 0.4) is 0 Å². The topological polar surface area (TPSA) is 43.1 Å². The molecule has 0 N–H and O–H groups in total. The summed E-state index contributed by atoms with van der Waals surface area (Å²) in [6, 6.07) is 7.93. The van der Waals surface area contributed by atoms with Crippen molar-refractivity contribution in [3.63, 3.8) is 0 Å². The Morgan fingerprint density at radius 1 is 1.39 bits per heavy atom. The third-order valence-corrected chi connectivity index (χ3v) is 2.68. The molecule has 0 bridgehead atoms. The highest BCUT2D eigenvalue weighted by Crippen LogP contribution is 2.15. The average Bonchev–Trinajstić information content (AvgIpc) is 2.35. The van der Waals surface area contributed by atoms with Gasteiger partial charge in [-0.2, -0.15) is 0 Å². The molecule has 1 heterocycles. The zero-order valence-corrected chi connectivity index (χ0v) is 10.0. The molecule has 1 aromatic heterocycles. The Morgan fingerprint density at radius 2 is 2.11 bits per heavy atom. The minimum atomic E-state index is -0.187. The van der Waals surface area contributed by atoms with Crippen LogP contribution in [0, 0.1) is 0 Å². The fourth-order valence-electron chi connectivity index (χ4n) is 1.86. The highest BCUT2D eigenvalue weighted by molar-refractivity contribution is 5.81. The molecule has 0 atom stereocenters. The standard InChI is InChI=1S/C13H15N2O2.CH4/c1-15-9-10(7-8-13(16)17-2)11-5-3-4-6-12(11)14-15;/h3-6,9H,7-8H2,1-2H3;1H4/q+1;. The number of rotatable bonds is 3. The van der Waals surface area contributed by atoms with Gasteiger partial charge in [-0.25, -0.2) is 0 Å². The van der Waals surface area contributed by atoms with E-state index in [-0.39, 0.29) is 13.4 Å². The maximum atomic E-state index is 11.2. The Morgan fingerprint density at radius 3 is 2.83 bits per heavy atom. The van der Waals surface area contributed by atoms with Gasteiger partial charge in [-0.15, -0.1) is 0 Å². The number of ether oxygens (including phenoxy) is 1. The zero-order valence-electron chi connectivity index (χ0n) is 10.0. The van der Waals surface area contributed by atoms with E-state index in [1.54, 1.807) is 4.68 Å². The summed E-state index contributed by atoms with van der Waals surface area (Å²) in [4.78, 5) is 11.2. The Hall–Kier alpha value is -1.97. The smallest absolute Gasteiger partial charge is 0.305 e. The van der Waals surface area contributed by atoms with Crippen LogP contribution in [0.1, 0.15) is 19.4 Å². The Labute approximate surface area is 107 Å². The van der Waals surface area contributed by atoms with Crippen LogP contribution in [0.4, 0.5) is 0 Å². The Bertz CT molecular complexity index is 552. The second kappa shape index (κ2) is 6.10. The number of aromatic nitrogens is 2. The van der Waals surface area contributed by atoms with Gasteiger partial charge in [0.2, 0.25) is 0 Å². The van der Waals surface area contributed by atoms with Gasteiger partial charge >= 0.3 is 5.97 Å². The third kappa shape index (κ3) is 3.03. The van der Waals surface area contributed by atoms with Crippen LogP contribution >= 0.6 is 0 Å². The van der Waals surface area contributed by atoms with Crippen LogP contribution in [0.15, 0.2) is 30.5 Å². The lowest BCUT2D eigenvalue weighted by molar-refractivity contribution is -0.728. The molecule has 0 aliphatic rings. The zero-order chi connectivity index (χ0) is 12.3. The second-order valence-electron chi connectivity index (χ2n) is 3.92. The molecular formula is C14H19N2O2+. The molecule has 0 amide bonds. The first-order chi connectivity index (χ1) is 8.20. The SMILES string of the molecule is C.COC(=O)CCc1c[n+](C)nc2ccccc12. The molecular weight excluding hydrogens is 228 g/mol. The molecule has 0 saturated carbocycles. The molecule has 0 saturated heterocycles. The van der Waals surface area contributed by atoms with Crippen molar-refractivity contribution >= 4 is 16.9 Å². The van der Waals surface area contributed by atoms with Crippen LogP contribution in [0.25, 0.3) is 10.9 Å². The van der Waals surface area contributed by atoms with Crippen molar-refractivity contribution in [1.29, 1.82) is 0 Å². The number of hydrogen-bond acceptors (Lipinski definition) is 3. The molecule has 0 fully saturated rings. The van der Waals surface area contributed by atoms with Gasteiger partial charge in [0.15, 0.2) is 13.2 Å². The monoisotopic (exact) mass is 247 g/mol. The third-order valence-electron chi connectivity index (χ3n) is 2.68. The van der Waals surface area contributed by atoms with Crippen molar-refractivity contribution in [2.45, 2.75) is 20.3 Å². The summed E-state index contributed by atoms with van der Waals surface area (Å²) in [7, 11) is 3.29. The average molecular weight is 247 g/mol. The maximum Gasteiger partial charge on any atom is 0.305 e. The highest BCUT2D eigenvalue weighted by Gasteiger charge is 2.10. The molecule has 0 spiro atoms. The second-order valence-corrected chi connectivity index (χ2v) is 3.92. The van der Waals surface area contributed by atoms with Crippen molar-refractivity contribution in [3.05, 3.63) is 36.0 Å². The van der Waals surface area contributed by atoms with Crippen molar-refractivity contribution in [1.82, 2.24) is 5.10 Å². The van der Waals surface area contributed by atoms with Crippen LogP contribution in [0.2, 0.25) is 0 Å². The van der Waals surface area contributed by atoms with E-state index in [4.69, 9.17) is 0 Å². The van der Waals surface area contributed by atoms with E-state index < -0.39 is 0 Å². The predicted molar refractivity (Wildman–Crippen MR) is 70.0 cm³/mol. The summed E-state index contributed by atoms with van der Waals surface area (Å²) in [6.07, 6.45) is 3.01. The summed E-state index contributed by atoms with van der Waals surface area (Å²) in [5, 5.41) is 5.48. The Kier molecular flexibility index (Phi) is 4.77. The van der Waals surface area contributed by atoms with Gasteiger partial charge in [-0.05, 0) is 17.6 Å². The lowest BCUT2D eigenvalue weighted by atomic mass is 10.1. The van der Waals surface area contributed by atoms with E-state index in [1.807, 2.05) is 37.5 Å². The molecule has 0 aliphatic heterocycles. The van der Waals surface area contributed by atoms with Crippen molar-refractivity contribution in [2.75, 3.05) is 7.11 Å². The molecule has 18 heavy (non-hydrogen) atoms. The summed E-state index contributed by atoms with van der Waals surface area (Å²) in [6.45, 7) is 0. The van der Waals surface area contributed by atoms with Crippen molar-refractivity contribution < 1.29 is 14.2 Å². The Balaban J connectivity index is 0.00000162. The number of carbonyl (C=O) groups is 1. The summed E-state index contributed by atoms with van der Waals surface area (Å²) in [5.41, 5.74) is 2.06. The van der Waals surface area contributed by atoms with Crippen LogP contribution in [-0.2, 0) is 23.0 Å². The van der Waals surface area contributed by atoms with E-state index in [0.717, 1.165) is 16.5 Å². The molecule has 2 aromatic rings. The van der Waals surface area contributed by atoms with E-state index in [1.165, 1.54) is 7.11 Å². The number of methoxy groups -OCH3 is 1. The molecule has 4 nitrogen and oxygen atoms in total. The first-order valence-corrected chi connectivity index (χ1v) is 5.52. The molecule has 0 unspecified atom stereocenters. The summed E-state index contributed by atoms with van der Waals surface area (Å²) < 4.78 is 6.43. The minimum Gasteiger partial charge on any atom is -0.469 e. The van der Waals surface area contributed by atoms with Gasteiger partial charge in [-0.3, -0.25) is 4.79 Å². The van der Waals surface area contributed by atoms with Crippen LogP contribution in [0.5, 0.6) is 0 Å². The molecule has 2 rings (SSSR count). The van der Waals surface area contributed by atoms with Gasteiger partial charge in [0.25, 0.3) is 0 Å². The first kappa shape index (κ1) is 14.1. The van der Waals surface area contributed by atoms with Gasteiger partial charge in [0, 0.05) is 17.4 Å². The number of nitrogens with zero attached hydrogens (tertiary/aromatic N) is 2. The minimum absolute atomic E-state index is 0. The van der Waals surface area contributed by atoms with Crippen molar-refractivity contribution in [3.8, 4) is 0 Å². The fraction of sp³-hybridized carbons (Fsp3) is 0.357. The molecule has 1 aromatic carbocycles. The maximum absolute atomic E-state index is 11.2. The normalized spacial score (nSPS) is 9.89. The number of hydrogen-bond donors (Lipinski definition) is 0. The van der Waals surface area contributed by atoms with Crippen LogP contribution < -0.4 is 4.68 Å². The van der Waals surface area contributed by atoms with Gasteiger partial charge in [0.1, 0.15) is 5.52 Å². The van der Waals surface area contributed by atoms with E-state index in [9.17, 15) is 4.79 Å². The van der Waals surface area contributed by atoms with Gasteiger partial charge in [0.05, 0.1) is 7.11 Å². The lowest BCUT2D eigenvalue weighted by Crippen LogP contribution is -2.33. The molecule has 0 radical (unpaired) electrons. The lowest BCUT2D eigenvalue weighted by Gasteiger charge is -2.02. The summed E-state index contributed by atoms with van der Waals surface area (Å²) in [5.74, 6) is -0.187. The molecule has 0 aliphatic carbocycles.